The summed E-state index contributed by atoms with van der Waals surface area (Å²) in [4.78, 5) is 13.0. The monoisotopic (exact) mass is 441 g/mol. The average molecular weight is 442 g/mol. The molecule has 1 saturated carbocycles. The van der Waals surface area contributed by atoms with Gasteiger partial charge in [0.25, 0.3) is 0 Å². The molecule has 0 aliphatic heterocycles. The second-order valence-corrected chi connectivity index (χ2v) is 8.22. The number of rotatable bonds is 10. The van der Waals surface area contributed by atoms with Crippen LogP contribution in [0.2, 0.25) is 0 Å². The first kappa shape index (κ1) is 21.1. The Hall–Kier alpha value is -3.77. The summed E-state index contributed by atoms with van der Waals surface area (Å²) in [6, 6.07) is 24.7. The summed E-state index contributed by atoms with van der Waals surface area (Å²) in [5.41, 5.74) is 1.43. The zero-order chi connectivity index (χ0) is 22.5. The van der Waals surface area contributed by atoms with Crippen LogP contribution in [0.3, 0.4) is 0 Å². The molecule has 0 radical (unpaired) electrons. The van der Waals surface area contributed by atoms with Crippen LogP contribution < -0.4 is 20.5 Å². The first-order valence-electron chi connectivity index (χ1n) is 11.3. The second kappa shape index (κ2) is 9.79. The molecule has 1 heterocycles. The number of imidazole rings is 1. The summed E-state index contributed by atoms with van der Waals surface area (Å²) in [6.07, 6.45) is 6.24. The SMILES string of the molecule is O=c1n(-c2ccc(OCCNCC3CC3)cc2)ccn1-c1ccc(Oc2ccccc2)cc1. The van der Waals surface area contributed by atoms with Crippen molar-refractivity contribution in [3.8, 4) is 28.6 Å². The van der Waals surface area contributed by atoms with Crippen molar-refractivity contribution in [1.29, 1.82) is 0 Å². The van der Waals surface area contributed by atoms with E-state index in [1.165, 1.54) is 12.8 Å². The van der Waals surface area contributed by atoms with Crippen molar-refractivity contribution < 1.29 is 9.47 Å². The molecule has 1 aliphatic rings. The molecule has 168 valence electrons. The zero-order valence-corrected chi connectivity index (χ0v) is 18.4. The summed E-state index contributed by atoms with van der Waals surface area (Å²) in [6.45, 7) is 2.56. The molecule has 0 bridgehead atoms. The van der Waals surface area contributed by atoms with Gasteiger partial charge in [-0.25, -0.2) is 4.79 Å². The number of ether oxygens (including phenoxy) is 2. The van der Waals surface area contributed by atoms with Crippen LogP contribution in [-0.2, 0) is 0 Å². The van der Waals surface area contributed by atoms with Gasteiger partial charge in [0.2, 0.25) is 0 Å². The molecular formula is C27H27N3O3. The number of hydrogen-bond acceptors (Lipinski definition) is 4. The van der Waals surface area contributed by atoms with Gasteiger partial charge in [-0.15, -0.1) is 0 Å². The number of nitrogens with one attached hydrogen (secondary N) is 1. The molecular weight excluding hydrogens is 414 g/mol. The van der Waals surface area contributed by atoms with E-state index in [0.717, 1.165) is 47.6 Å². The third-order valence-electron chi connectivity index (χ3n) is 5.66. The molecule has 4 aromatic rings. The van der Waals surface area contributed by atoms with E-state index in [2.05, 4.69) is 5.32 Å². The fourth-order valence-corrected chi connectivity index (χ4v) is 3.64. The molecule has 1 N–H and O–H groups in total. The van der Waals surface area contributed by atoms with E-state index in [-0.39, 0.29) is 5.69 Å². The van der Waals surface area contributed by atoms with Crippen molar-refractivity contribution in [3.05, 3.63) is 102 Å². The van der Waals surface area contributed by atoms with Gasteiger partial charge in [0.15, 0.2) is 0 Å². The van der Waals surface area contributed by atoms with Gasteiger partial charge in [0.05, 0.1) is 11.4 Å². The van der Waals surface area contributed by atoms with Gasteiger partial charge in [-0.2, -0.15) is 0 Å². The molecule has 0 unspecified atom stereocenters. The Bertz CT molecular complexity index is 1220. The van der Waals surface area contributed by atoms with E-state index >= 15 is 0 Å². The Morgan fingerprint density at radius 1 is 0.758 bits per heavy atom. The first-order chi connectivity index (χ1) is 16.3. The van der Waals surface area contributed by atoms with Crippen LogP contribution in [0.1, 0.15) is 12.8 Å². The maximum absolute atomic E-state index is 13.0. The Morgan fingerprint density at radius 2 is 1.33 bits per heavy atom. The maximum Gasteiger partial charge on any atom is 0.337 e. The molecule has 1 aromatic heterocycles. The van der Waals surface area contributed by atoms with Gasteiger partial charge in [-0.05, 0) is 86.0 Å². The Kier molecular flexibility index (Phi) is 6.26. The minimum Gasteiger partial charge on any atom is -0.492 e. The fourth-order valence-electron chi connectivity index (χ4n) is 3.64. The maximum atomic E-state index is 13.0. The highest BCUT2D eigenvalue weighted by atomic mass is 16.5. The van der Waals surface area contributed by atoms with Crippen LogP contribution in [0, 0.1) is 5.92 Å². The second-order valence-electron chi connectivity index (χ2n) is 8.22. The molecule has 3 aromatic carbocycles. The average Bonchev–Trinajstić information content (AvgIpc) is 3.60. The predicted molar refractivity (Wildman–Crippen MR) is 129 cm³/mol. The minimum absolute atomic E-state index is 0.135. The lowest BCUT2D eigenvalue weighted by atomic mass is 10.3. The molecule has 33 heavy (non-hydrogen) atoms. The van der Waals surface area contributed by atoms with E-state index in [0.29, 0.717) is 6.61 Å². The smallest absolute Gasteiger partial charge is 0.337 e. The van der Waals surface area contributed by atoms with Gasteiger partial charge < -0.3 is 14.8 Å². The normalized spacial score (nSPS) is 13.1. The highest BCUT2D eigenvalue weighted by Crippen LogP contribution is 2.27. The van der Waals surface area contributed by atoms with Crippen molar-refractivity contribution in [2.45, 2.75) is 12.8 Å². The zero-order valence-electron chi connectivity index (χ0n) is 18.4. The molecule has 0 atom stereocenters. The largest absolute Gasteiger partial charge is 0.492 e. The number of aromatic nitrogens is 2. The van der Waals surface area contributed by atoms with Gasteiger partial charge in [-0.1, -0.05) is 18.2 Å². The third-order valence-corrected chi connectivity index (χ3v) is 5.66. The van der Waals surface area contributed by atoms with E-state index in [1.807, 2.05) is 78.9 Å². The Labute approximate surface area is 193 Å². The molecule has 0 amide bonds. The first-order valence-corrected chi connectivity index (χ1v) is 11.3. The van der Waals surface area contributed by atoms with Crippen molar-refractivity contribution >= 4 is 0 Å². The number of nitrogens with zero attached hydrogens (tertiary/aromatic N) is 2. The van der Waals surface area contributed by atoms with E-state index in [9.17, 15) is 4.79 Å². The highest BCUT2D eigenvalue weighted by molar-refractivity contribution is 5.41. The van der Waals surface area contributed by atoms with Crippen LogP contribution in [0.15, 0.2) is 96.1 Å². The quantitative estimate of drug-likeness (QED) is 0.359. The van der Waals surface area contributed by atoms with Gasteiger partial charge in [0.1, 0.15) is 23.9 Å². The summed E-state index contributed by atoms with van der Waals surface area (Å²) in [5.74, 6) is 3.16. The van der Waals surface area contributed by atoms with Crippen molar-refractivity contribution in [1.82, 2.24) is 14.5 Å². The third kappa shape index (κ3) is 5.35. The molecule has 6 nitrogen and oxygen atoms in total. The Balaban J connectivity index is 1.21. The van der Waals surface area contributed by atoms with E-state index in [4.69, 9.17) is 9.47 Å². The highest BCUT2D eigenvalue weighted by Gasteiger charge is 2.19. The Morgan fingerprint density at radius 3 is 1.94 bits per heavy atom. The van der Waals surface area contributed by atoms with E-state index in [1.54, 1.807) is 21.5 Å². The predicted octanol–water partition coefficient (Wildman–Crippen LogP) is 4.80. The molecule has 0 spiro atoms. The van der Waals surface area contributed by atoms with Crippen LogP contribution in [0.25, 0.3) is 11.4 Å². The van der Waals surface area contributed by atoms with Crippen LogP contribution in [0.5, 0.6) is 17.2 Å². The van der Waals surface area contributed by atoms with Crippen molar-refractivity contribution in [2.75, 3.05) is 19.7 Å². The van der Waals surface area contributed by atoms with Gasteiger partial charge >= 0.3 is 5.69 Å². The number of hydrogen-bond donors (Lipinski definition) is 1. The lowest BCUT2D eigenvalue weighted by Crippen LogP contribution is -2.23. The molecule has 1 aliphatic carbocycles. The topological polar surface area (TPSA) is 57.4 Å². The molecule has 1 fully saturated rings. The van der Waals surface area contributed by atoms with Crippen LogP contribution in [-0.4, -0.2) is 28.8 Å². The van der Waals surface area contributed by atoms with E-state index < -0.39 is 0 Å². The van der Waals surface area contributed by atoms with Gasteiger partial charge in [0, 0.05) is 18.9 Å². The number of benzene rings is 3. The lowest BCUT2D eigenvalue weighted by Gasteiger charge is -2.08. The van der Waals surface area contributed by atoms with Gasteiger partial charge in [-0.3, -0.25) is 9.13 Å². The fraction of sp³-hybridized carbons (Fsp3) is 0.222. The number of para-hydroxylation sites is 1. The summed E-state index contributed by atoms with van der Waals surface area (Å²) in [7, 11) is 0. The minimum atomic E-state index is -0.135. The summed E-state index contributed by atoms with van der Waals surface area (Å²) in [5, 5.41) is 3.41. The van der Waals surface area contributed by atoms with Crippen LogP contribution in [0.4, 0.5) is 0 Å². The lowest BCUT2D eigenvalue weighted by molar-refractivity contribution is 0.313. The van der Waals surface area contributed by atoms with Crippen LogP contribution >= 0.6 is 0 Å². The van der Waals surface area contributed by atoms with Crippen molar-refractivity contribution in [2.24, 2.45) is 5.92 Å². The molecule has 6 heteroatoms. The standard InChI is InChI=1S/C27H27N3O3/c31-27-29(22-8-12-24(13-9-22)32-19-16-28-20-21-6-7-21)17-18-30(27)23-10-14-26(15-11-23)33-25-4-2-1-3-5-25/h1-5,8-15,17-18,21,28H,6-7,16,19-20H2. The molecule has 5 rings (SSSR count). The summed E-state index contributed by atoms with van der Waals surface area (Å²) >= 11 is 0. The van der Waals surface area contributed by atoms with Crippen molar-refractivity contribution in [3.63, 3.8) is 0 Å². The molecule has 0 saturated heterocycles. The summed E-state index contributed by atoms with van der Waals surface area (Å²) < 4.78 is 14.9.